The van der Waals surface area contributed by atoms with Crippen LogP contribution in [-0.2, 0) is 0 Å². The molecule has 2 unspecified atom stereocenters. The van der Waals surface area contributed by atoms with Crippen molar-refractivity contribution in [2.45, 2.75) is 12.0 Å². The highest BCUT2D eigenvalue weighted by atomic mass is 32.1. The van der Waals surface area contributed by atoms with Crippen LogP contribution in [0, 0.1) is 0 Å². The van der Waals surface area contributed by atoms with Gasteiger partial charge >= 0.3 is 0 Å². The first-order valence-corrected chi connectivity index (χ1v) is 16.3. The van der Waals surface area contributed by atoms with Crippen molar-refractivity contribution in [3.63, 3.8) is 0 Å². The molecule has 0 saturated carbocycles. The molecule has 1 aliphatic heterocycles. The molecular formula is C42H27NOS. The lowest BCUT2D eigenvalue weighted by Gasteiger charge is -2.14. The monoisotopic (exact) mass is 593 g/mol. The van der Waals surface area contributed by atoms with E-state index in [1.165, 1.54) is 75.5 Å². The number of aromatic nitrogens is 1. The van der Waals surface area contributed by atoms with E-state index < -0.39 is 0 Å². The van der Waals surface area contributed by atoms with E-state index in [0.29, 0.717) is 0 Å². The average Bonchev–Trinajstić information content (AvgIpc) is 3.78. The molecule has 8 aromatic rings. The Kier molecular flexibility index (Phi) is 5.31. The van der Waals surface area contributed by atoms with E-state index in [9.17, 15) is 0 Å². The number of nitrogens with zero attached hydrogens (tertiary/aromatic N) is 1. The quantitative estimate of drug-likeness (QED) is 0.199. The second-order valence-corrected chi connectivity index (χ2v) is 13.1. The van der Waals surface area contributed by atoms with E-state index in [2.05, 4.69) is 156 Å². The van der Waals surface area contributed by atoms with Crippen LogP contribution in [0.4, 0.5) is 0 Å². The molecule has 6 aromatic carbocycles. The summed E-state index contributed by atoms with van der Waals surface area (Å²) in [4.78, 5) is 0. The molecule has 0 saturated heterocycles. The molecule has 45 heavy (non-hydrogen) atoms. The third-order valence-electron chi connectivity index (χ3n) is 9.56. The lowest BCUT2D eigenvalue weighted by molar-refractivity contribution is 0.271. The highest BCUT2D eigenvalue weighted by molar-refractivity contribution is 7.26. The summed E-state index contributed by atoms with van der Waals surface area (Å²) in [6.07, 6.45) is 8.79. The number of para-hydroxylation sites is 2. The summed E-state index contributed by atoms with van der Waals surface area (Å²) in [5.41, 5.74) is 9.86. The smallest absolute Gasteiger partial charge is 0.133 e. The lowest BCUT2D eigenvalue weighted by Crippen LogP contribution is -2.15. The Balaban J connectivity index is 1.06. The molecule has 0 fully saturated rings. The van der Waals surface area contributed by atoms with Crippen molar-refractivity contribution in [1.82, 2.24) is 4.57 Å². The molecule has 212 valence electrons. The fourth-order valence-corrected chi connectivity index (χ4v) is 8.68. The normalized spacial score (nSPS) is 16.9. The van der Waals surface area contributed by atoms with Crippen molar-refractivity contribution in [1.29, 1.82) is 0 Å². The highest BCUT2D eigenvalue weighted by Gasteiger charge is 2.35. The summed E-state index contributed by atoms with van der Waals surface area (Å²) >= 11 is 1.87. The van der Waals surface area contributed by atoms with Gasteiger partial charge in [0.1, 0.15) is 11.9 Å². The van der Waals surface area contributed by atoms with Crippen molar-refractivity contribution in [3.05, 3.63) is 157 Å². The maximum absolute atomic E-state index is 6.61. The summed E-state index contributed by atoms with van der Waals surface area (Å²) in [7, 11) is 0. The van der Waals surface area contributed by atoms with Gasteiger partial charge in [-0.15, -0.1) is 11.3 Å². The van der Waals surface area contributed by atoms with Crippen LogP contribution in [0.15, 0.2) is 152 Å². The van der Waals surface area contributed by atoms with Crippen LogP contribution < -0.4 is 4.74 Å². The second-order valence-electron chi connectivity index (χ2n) is 12.0. The Bertz CT molecular complexity index is 2460. The Morgan fingerprint density at radius 1 is 0.578 bits per heavy atom. The van der Waals surface area contributed by atoms with Gasteiger partial charge in [0.2, 0.25) is 0 Å². The molecule has 0 spiro atoms. The number of ether oxygens (including phenoxy) is 1. The standard InChI is InChI=1S/C42H27NOS/c1-5-13-36-30(9-1)31-10-2-6-14-37(31)43(36)29-23-21-27(22-24-29)26-17-19-28(20-18-26)34-25-35-32-11-3-7-15-38(32)44-41(35)40-33-12-4-8-16-39(33)45-42(34)40/h1-25,32,38H. The Morgan fingerprint density at radius 2 is 1.18 bits per heavy atom. The van der Waals surface area contributed by atoms with Crippen LogP contribution in [0.2, 0.25) is 0 Å². The fraction of sp³-hybridized carbons (Fsp3) is 0.0476. The van der Waals surface area contributed by atoms with E-state index in [0.717, 1.165) is 5.75 Å². The van der Waals surface area contributed by atoms with E-state index in [1.807, 2.05) is 11.3 Å². The third kappa shape index (κ3) is 3.68. The first-order valence-electron chi connectivity index (χ1n) is 15.5. The van der Waals surface area contributed by atoms with Gasteiger partial charge in [0.15, 0.2) is 0 Å². The van der Waals surface area contributed by atoms with Crippen molar-refractivity contribution in [2.75, 3.05) is 0 Å². The summed E-state index contributed by atoms with van der Waals surface area (Å²) in [6, 6.07) is 46.5. The molecule has 2 aromatic heterocycles. The molecule has 1 aliphatic carbocycles. The van der Waals surface area contributed by atoms with E-state index in [1.54, 1.807) is 0 Å². The molecule has 2 aliphatic rings. The van der Waals surface area contributed by atoms with Crippen LogP contribution in [0.1, 0.15) is 11.5 Å². The summed E-state index contributed by atoms with van der Waals surface area (Å²) < 4.78 is 11.6. The van der Waals surface area contributed by atoms with E-state index in [4.69, 9.17) is 4.74 Å². The zero-order valence-electron chi connectivity index (χ0n) is 24.4. The molecule has 10 rings (SSSR count). The van der Waals surface area contributed by atoms with Gasteiger partial charge in [0, 0.05) is 53.7 Å². The van der Waals surface area contributed by atoms with E-state index in [-0.39, 0.29) is 12.0 Å². The molecule has 2 nitrogen and oxygen atoms in total. The largest absolute Gasteiger partial charge is 0.484 e. The molecule has 2 atom stereocenters. The Labute approximate surface area is 264 Å². The number of hydrogen-bond acceptors (Lipinski definition) is 2. The second kappa shape index (κ2) is 9.56. The first kappa shape index (κ1) is 25.0. The van der Waals surface area contributed by atoms with Gasteiger partial charge < -0.3 is 9.30 Å². The van der Waals surface area contributed by atoms with Crippen molar-refractivity contribution >= 4 is 53.3 Å². The topological polar surface area (TPSA) is 14.2 Å². The summed E-state index contributed by atoms with van der Waals surface area (Å²) in [5, 5.41) is 5.10. The van der Waals surface area contributed by atoms with Crippen LogP contribution in [0.25, 0.3) is 69.9 Å². The number of benzene rings is 6. The molecule has 0 N–H and O–H groups in total. The van der Waals surface area contributed by atoms with Gasteiger partial charge in [-0.1, -0.05) is 109 Å². The minimum absolute atomic E-state index is 0.0648. The van der Waals surface area contributed by atoms with Gasteiger partial charge in [-0.05, 0) is 59.2 Å². The minimum Gasteiger partial charge on any atom is -0.484 e. The maximum Gasteiger partial charge on any atom is 0.133 e. The predicted molar refractivity (Wildman–Crippen MR) is 190 cm³/mol. The number of thiophene rings is 1. The van der Waals surface area contributed by atoms with Crippen molar-refractivity contribution in [2.24, 2.45) is 0 Å². The van der Waals surface area contributed by atoms with Crippen LogP contribution in [0.3, 0.4) is 0 Å². The number of fused-ring (bicyclic) bond motifs is 10. The van der Waals surface area contributed by atoms with Gasteiger partial charge in [-0.3, -0.25) is 0 Å². The SMILES string of the molecule is C1=CC2Oc3c(cc(-c4ccc(-c5ccc(-n6c7ccccc7c7ccccc76)cc5)cc4)c4sc5ccccc5c34)C2C=C1. The van der Waals surface area contributed by atoms with Crippen LogP contribution in [0.5, 0.6) is 5.75 Å². The number of rotatable bonds is 3. The molecule has 0 radical (unpaired) electrons. The van der Waals surface area contributed by atoms with Gasteiger partial charge in [-0.25, -0.2) is 0 Å². The highest BCUT2D eigenvalue weighted by Crippen LogP contribution is 2.52. The minimum atomic E-state index is 0.0648. The lowest BCUT2D eigenvalue weighted by atomic mass is 9.88. The summed E-state index contributed by atoms with van der Waals surface area (Å²) in [6.45, 7) is 0. The van der Waals surface area contributed by atoms with Crippen LogP contribution >= 0.6 is 11.3 Å². The van der Waals surface area contributed by atoms with E-state index >= 15 is 0 Å². The van der Waals surface area contributed by atoms with Gasteiger partial charge in [0.05, 0.1) is 11.0 Å². The van der Waals surface area contributed by atoms with Crippen LogP contribution in [-0.4, -0.2) is 10.7 Å². The van der Waals surface area contributed by atoms with Crippen molar-refractivity contribution in [3.8, 4) is 33.7 Å². The molecule has 3 heterocycles. The number of hydrogen-bond donors (Lipinski definition) is 0. The molecule has 0 bridgehead atoms. The summed E-state index contributed by atoms with van der Waals surface area (Å²) in [5.74, 6) is 1.30. The molecular weight excluding hydrogens is 567 g/mol. The molecule has 0 amide bonds. The predicted octanol–water partition coefficient (Wildman–Crippen LogP) is 11.5. The number of allylic oxidation sites excluding steroid dienone is 2. The fourth-order valence-electron chi connectivity index (χ4n) is 7.44. The Hall–Kier alpha value is -5.38. The average molecular weight is 594 g/mol. The van der Waals surface area contributed by atoms with Crippen molar-refractivity contribution < 1.29 is 4.74 Å². The first-order chi connectivity index (χ1) is 22.3. The maximum atomic E-state index is 6.61. The zero-order valence-corrected chi connectivity index (χ0v) is 25.2. The van der Waals surface area contributed by atoms with Gasteiger partial charge in [0.25, 0.3) is 0 Å². The van der Waals surface area contributed by atoms with Gasteiger partial charge in [-0.2, -0.15) is 0 Å². The molecule has 3 heteroatoms. The third-order valence-corrected chi connectivity index (χ3v) is 10.8. The zero-order chi connectivity index (χ0) is 29.5. The Morgan fingerprint density at radius 3 is 1.91 bits per heavy atom.